The van der Waals surface area contributed by atoms with E-state index in [0.29, 0.717) is 5.06 Å². The summed E-state index contributed by atoms with van der Waals surface area (Å²) >= 11 is 0. The fourth-order valence-electron chi connectivity index (χ4n) is 1.70. The standard InChI is InChI=1S/C14H20N2O8/c1-14(2,3)23-13(21)15-8(7-11(19)22-4)12(20)24-16-9(17)5-6-10(16)18/h8H,5-7H2,1-4H3,(H,15,21). The van der Waals surface area contributed by atoms with Crippen molar-refractivity contribution < 1.29 is 38.3 Å². The van der Waals surface area contributed by atoms with Crippen molar-refractivity contribution in [1.29, 1.82) is 0 Å². The molecule has 134 valence electrons. The van der Waals surface area contributed by atoms with Gasteiger partial charge < -0.3 is 19.6 Å². The molecule has 1 aliphatic rings. The van der Waals surface area contributed by atoms with E-state index >= 15 is 0 Å². The lowest BCUT2D eigenvalue weighted by molar-refractivity contribution is -0.199. The van der Waals surface area contributed by atoms with Crippen LogP contribution in [0.3, 0.4) is 0 Å². The summed E-state index contributed by atoms with van der Waals surface area (Å²) in [5.41, 5.74) is -0.829. The van der Waals surface area contributed by atoms with Gasteiger partial charge in [-0.1, -0.05) is 0 Å². The van der Waals surface area contributed by atoms with Gasteiger partial charge in [0.25, 0.3) is 11.8 Å². The quantitative estimate of drug-likeness (QED) is 0.547. The minimum atomic E-state index is -1.48. The van der Waals surface area contributed by atoms with E-state index in [1.54, 1.807) is 20.8 Å². The van der Waals surface area contributed by atoms with Gasteiger partial charge in [0.1, 0.15) is 11.6 Å². The Labute approximate surface area is 138 Å². The number of carbonyl (C=O) groups excluding carboxylic acids is 5. The van der Waals surface area contributed by atoms with E-state index in [1.807, 2.05) is 0 Å². The highest BCUT2D eigenvalue weighted by atomic mass is 16.7. The number of esters is 1. The summed E-state index contributed by atoms with van der Waals surface area (Å²) in [6, 6.07) is -1.48. The van der Waals surface area contributed by atoms with Gasteiger partial charge in [-0.25, -0.2) is 9.59 Å². The highest BCUT2D eigenvalue weighted by Crippen LogP contribution is 2.14. The summed E-state index contributed by atoms with van der Waals surface area (Å²) in [7, 11) is 1.10. The van der Waals surface area contributed by atoms with Crippen molar-refractivity contribution in [3.05, 3.63) is 0 Å². The molecule has 0 aromatic carbocycles. The lowest BCUT2D eigenvalue weighted by Gasteiger charge is -2.23. The maximum atomic E-state index is 12.1. The molecule has 3 amide bonds. The van der Waals surface area contributed by atoms with Crippen LogP contribution in [0.2, 0.25) is 0 Å². The number of amides is 3. The van der Waals surface area contributed by atoms with Crippen molar-refractivity contribution in [3.63, 3.8) is 0 Å². The molecule has 0 radical (unpaired) electrons. The van der Waals surface area contributed by atoms with Crippen LogP contribution in [-0.4, -0.2) is 53.7 Å². The van der Waals surface area contributed by atoms with Crippen molar-refractivity contribution in [2.75, 3.05) is 7.11 Å². The number of hydroxylamine groups is 2. The average Bonchev–Trinajstić information content (AvgIpc) is 2.76. The summed E-state index contributed by atoms with van der Waals surface area (Å²) in [4.78, 5) is 62.9. The number of hydrogen-bond acceptors (Lipinski definition) is 8. The van der Waals surface area contributed by atoms with Gasteiger partial charge in [0, 0.05) is 12.8 Å². The SMILES string of the molecule is COC(=O)CC(NC(=O)OC(C)(C)C)C(=O)ON1C(=O)CCC1=O. The number of methoxy groups -OCH3 is 1. The number of nitrogens with zero attached hydrogens (tertiary/aromatic N) is 1. The van der Waals surface area contributed by atoms with E-state index in [1.165, 1.54) is 0 Å². The fraction of sp³-hybridized carbons (Fsp3) is 0.643. The Morgan fingerprint density at radius 2 is 1.71 bits per heavy atom. The van der Waals surface area contributed by atoms with Gasteiger partial charge in [-0.3, -0.25) is 14.4 Å². The summed E-state index contributed by atoms with van der Waals surface area (Å²) in [5.74, 6) is -3.31. The Bertz CT molecular complexity index is 535. The zero-order chi connectivity index (χ0) is 18.5. The molecule has 24 heavy (non-hydrogen) atoms. The molecule has 0 aromatic rings. The Kier molecular flexibility index (Phi) is 6.27. The van der Waals surface area contributed by atoms with Crippen LogP contribution in [0.4, 0.5) is 4.79 Å². The first kappa shape index (κ1) is 19.4. The first-order valence-corrected chi connectivity index (χ1v) is 7.17. The molecule has 1 unspecified atom stereocenters. The smallest absolute Gasteiger partial charge is 0.408 e. The van der Waals surface area contributed by atoms with Gasteiger partial charge in [-0.2, -0.15) is 0 Å². The van der Waals surface area contributed by atoms with Crippen molar-refractivity contribution in [1.82, 2.24) is 10.4 Å². The lowest BCUT2D eigenvalue weighted by Crippen LogP contribution is -2.47. The molecule has 0 saturated carbocycles. The second-order valence-corrected chi connectivity index (χ2v) is 5.97. The van der Waals surface area contributed by atoms with Crippen molar-refractivity contribution in [2.24, 2.45) is 0 Å². The van der Waals surface area contributed by atoms with Crippen LogP contribution >= 0.6 is 0 Å². The van der Waals surface area contributed by atoms with Crippen LogP contribution in [0.5, 0.6) is 0 Å². The number of carbonyl (C=O) groups is 5. The number of imide groups is 1. The van der Waals surface area contributed by atoms with Crippen LogP contribution in [0.1, 0.15) is 40.0 Å². The number of ether oxygens (including phenoxy) is 2. The molecular weight excluding hydrogens is 324 g/mol. The number of alkyl carbamates (subject to hydrolysis) is 1. The van der Waals surface area contributed by atoms with Gasteiger partial charge in [-0.05, 0) is 20.8 Å². The fourth-order valence-corrected chi connectivity index (χ4v) is 1.70. The Morgan fingerprint density at radius 1 is 1.17 bits per heavy atom. The number of nitrogens with one attached hydrogen (secondary N) is 1. The molecule has 0 spiro atoms. The van der Waals surface area contributed by atoms with Gasteiger partial charge in [0.15, 0.2) is 0 Å². The summed E-state index contributed by atoms with van der Waals surface area (Å²) in [5, 5.41) is 2.48. The zero-order valence-electron chi connectivity index (χ0n) is 13.9. The minimum Gasteiger partial charge on any atom is -0.469 e. The number of rotatable bonds is 5. The second-order valence-electron chi connectivity index (χ2n) is 5.97. The third kappa shape index (κ3) is 5.86. The molecule has 1 rings (SSSR count). The van der Waals surface area contributed by atoms with E-state index in [4.69, 9.17) is 9.57 Å². The normalized spacial score (nSPS) is 15.8. The van der Waals surface area contributed by atoms with E-state index in [2.05, 4.69) is 10.1 Å². The van der Waals surface area contributed by atoms with Gasteiger partial charge in [0.05, 0.1) is 13.5 Å². The zero-order valence-corrected chi connectivity index (χ0v) is 13.9. The third-order valence-electron chi connectivity index (χ3n) is 2.76. The number of hydrogen-bond donors (Lipinski definition) is 1. The largest absolute Gasteiger partial charge is 0.469 e. The van der Waals surface area contributed by atoms with Gasteiger partial charge >= 0.3 is 18.0 Å². The predicted octanol–water partition coefficient (Wildman–Crippen LogP) is 0.0500. The topological polar surface area (TPSA) is 128 Å². The molecule has 10 nitrogen and oxygen atoms in total. The molecular formula is C14H20N2O8. The molecule has 1 fully saturated rings. The lowest BCUT2D eigenvalue weighted by atomic mass is 10.2. The van der Waals surface area contributed by atoms with Crippen LogP contribution in [0, 0.1) is 0 Å². The van der Waals surface area contributed by atoms with E-state index in [-0.39, 0.29) is 12.8 Å². The molecule has 0 bridgehead atoms. The third-order valence-corrected chi connectivity index (χ3v) is 2.76. The van der Waals surface area contributed by atoms with E-state index in [0.717, 1.165) is 7.11 Å². The predicted molar refractivity (Wildman–Crippen MR) is 77.0 cm³/mol. The molecule has 1 N–H and O–H groups in total. The molecule has 1 aliphatic heterocycles. The minimum absolute atomic E-state index is 0.0761. The molecule has 10 heteroatoms. The summed E-state index contributed by atoms with van der Waals surface area (Å²) < 4.78 is 9.43. The molecule has 0 aliphatic carbocycles. The Hall–Kier alpha value is -2.65. The molecule has 1 atom stereocenters. The first-order valence-electron chi connectivity index (χ1n) is 7.17. The van der Waals surface area contributed by atoms with Crippen LogP contribution < -0.4 is 5.32 Å². The second kappa shape index (κ2) is 7.75. The monoisotopic (exact) mass is 344 g/mol. The Balaban J connectivity index is 2.78. The van der Waals surface area contributed by atoms with Crippen molar-refractivity contribution in [2.45, 2.75) is 51.7 Å². The molecule has 1 saturated heterocycles. The highest BCUT2D eigenvalue weighted by Gasteiger charge is 2.36. The molecule has 1 heterocycles. The maximum Gasteiger partial charge on any atom is 0.408 e. The summed E-state index contributed by atoms with van der Waals surface area (Å²) in [6.45, 7) is 4.84. The van der Waals surface area contributed by atoms with Gasteiger partial charge in [-0.15, -0.1) is 5.06 Å². The Morgan fingerprint density at radius 3 is 2.17 bits per heavy atom. The van der Waals surface area contributed by atoms with Gasteiger partial charge in [0.2, 0.25) is 0 Å². The maximum absolute atomic E-state index is 12.1. The van der Waals surface area contributed by atoms with Crippen molar-refractivity contribution >= 4 is 29.8 Å². The van der Waals surface area contributed by atoms with Crippen LogP contribution in [0.15, 0.2) is 0 Å². The van der Waals surface area contributed by atoms with Crippen LogP contribution in [0.25, 0.3) is 0 Å². The first-order chi connectivity index (χ1) is 11.0. The van der Waals surface area contributed by atoms with Crippen molar-refractivity contribution in [3.8, 4) is 0 Å². The van der Waals surface area contributed by atoms with E-state index in [9.17, 15) is 24.0 Å². The average molecular weight is 344 g/mol. The molecule has 0 aromatic heterocycles. The summed E-state index contributed by atoms with van der Waals surface area (Å²) in [6.07, 6.45) is -1.67. The highest BCUT2D eigenvalue weighted by molar-refractivity contribution is 6.02. The van der Waals surface area contributed by atoms with E-state index < -0.39 is 47.9 Å². The van der Waals surface area contributed by atoms with Crippen LogP contribution in [-0.2, 0) is 33.5 Å².